The molecule has 1 rings (SSSR count). The Labute approximate surface area is 70.6 Å². The smallest absolute Gasteiger partial charge is 0.242 e. The van der Waals surface area contributed by atoms with Crippen molar-refractivity contribution in [2.45, 2.75) is 13.0 Å². The number of aromatic hydroxyl groups is 1. The van der Waals surface area contributed by atoms with Crippen molar-refractivity contribution in [2.75, 3.05) is 0 Å². The molecule has 1 N–H and O–H groups in total. The summed E-state index contributed by atoms with van der Waals surface area (Å²) in [6, 6.07) is 6.16. The molecule has 3 heteroatoms. The van der Waals surface area contributed by atoms with Gasteiger partial charge in [0.15, 0.2) is 6.10 Å². The maximum absolute atomic E-state index is 10.1. The zero-order chi connectivity index (χ0) is 8.97. The zero-order valence-electron chi connectivity index (χ0n) is 6.65. The average Bonchev–Trinajstić information content (AvgIpc) is 2.09. The van der Waals surface area contributed by atoms with Gasteiger partial charge in [-0.1, -0.05) is 0 Å². The molecule has 0 aliphatic heterocycles. The molecule has 1 radical (unpaired) electrons. The van der Waals surface area contributed by atoms with Crippen LogP contribution in [-0.4, -0.2) is 17.5 Å². The number of carbonyl (C=O) groups excluding carboxylic acids is 1. The van der Waals surface area contributed by atoms with Gasteiger partial charge in [-0.05, 0) is 31.2 Å². The van der Waals surface area contributed by atoms with Gasteiger partial charge in [0.2, 0.25) is 6.29 Å². The standard InChI is InChI=1S/C9H9O3/c1-7(6-10)12-9-4-2-8(11)3-5-9/h2-5,7,11H,1H3. The van der Waals surface area contributed by atoms with Gasteiger partial charge < -0.3 is 9.84 Å². The fourth-order valence-electron chi connectivity index (χ4n) is 0.753. The van der Waals surface area contributed by atoms with E-state index in [1.54, 1.807) is 25.3 Å². The number of hydrogen-bond acceptors (Lipinski definition) is 3. The van der Waals surface area contributed by atoms with Crippen LogP contribution < -0.4 is 4.74 Å². The second kappa shape index (κ2) is 3.76. The van der Waals surface area contributed by atoms with Gasteiger partial charge in [0.25, 0.3) is 0 Å². The predicted octanol–water partition coefficient (Wildman–Crippen LogP) is 1.27. The first kappa shape index (κ1) is 8.59. The highest BCUT2D eigenvalue weighted by Crippen LogP contribution is 2.16. The fraction of sp³-hybridized carbons (Fsp3) is 0.222. The molecule has 0 saturated heterocycles. The van der Waals surface area contributed by atoms with E-state index >= 15 is 0 Å². The van der Waals surface area contributed by atoms with Gasteiger partial charge in [-0.3, -0.25) is 4.79 Å². The topological polar surface area (TPSA) is 46.5 Å². The first-order chi connectivity index (χ1) is 5.72. The van der Waals surface area contributed by atoms with Crippen LogP contribution in [0.4, 0.5) is 0 Å². The molecule has 0 fully saturated rings. The molecule has 0 saturated carbocycles. The Morgan fingerprint density at radius 2 is 2.00 bits per heavy atom. The van der Waals surface area contributed by atoms with Gasteiger partial charge in [0.1, 0.15) is 11.5 Å². The number of phenols is 1. The molecular weight excluding hydrogens is 156 g/mol. The second-order valence-corrected chi connectivity index (χ2v) is 2.37. The number of phenolic OH excluding ortho intramolecular Hbond substituents is 1. The molecule has 63 valence electrons. The number of ether oxygens (including phenoxy) is 1. The first-order valence-corrected chi connectivity index (χ1v) is 3.55. The van der Waals surface area contributed by atoms with E-state index in [2.05, 4.69) is 0 Å². The third-order valence-electron chi connectivity index (χ3n) is 1.32. The lowest BCUT2D eigenvalue weighted by molar-refractivity contribution is 0.278. The van der Waals surface area contributed by atoms with Crippen LogP contribution >= 0.6 is 0 Å². The maximum atomic E-state index is 10.1. The van der Waals surface area contributed by atoms with Crippen LogP contribution in [-0.2, 0) is 4.79 Å². The van der Waals surface area contributed by atoms with E-state index in [0.29, 0.717) is 5.75 Å². The molecule has 0 aliphatic rings. The lowest BCUT2D eigenvalue weighted by Crippen LogP contribution is -2.12. The normalized spacial score (nSPS) is 12.1. The second-order valence-electron chi connectivity index (χ2n) is 2.37. The van der Waals surface area contributed by atoms with Crippen LogP contribution in [0, 0.1) is 0 Å². The van der Waals surface area contributed by atoms with Crippen LogP contribution in [0.5, 0.6) is 11.5 Å². The Balaban J connectivity index is 2.64. The lowest BCUT2D eigenvalue weighted by atomic mass is 10.3. The molecule has 1 aromatic rings. The van der Waals surface area contributed by atoms with E-state index in [-0.39, 0.29) is 5.75 Å². The highest BCUT2D eigenvalue weighted by Gasteiger charge is 2.01. The van der Waals surface area contributed by atoms with Crippen molar-refractivity contribution in [2.24, 2.45) is 0 Å². The molecule has 0 aliphatic carbocycles. The van der Waals surface area contributed by atoms with Gasteiger partial charge in [-0.2, -0.15) is 0 Å². The van der Waals surface area contributed by atoms with E-state index in [1.807, 2.05) is 0 Å². The molecule has 0 aromatic heterocycles. The summed E-state index contributed by atoms with van der Waals surface area (Å²) in [5.41, 5.74) is 0. The largest absolute Gasteiger partial charge is 0.508 e. The van der Waals surface area contributed by atoms with Gasteiger partial charge >= 0.3 is 0 Å². The minimum Gasteiger partial charge on any atom is -0.508 e. The number of rotatable bonds is 3. The number of benzene rings is 1. The van der Waals surface area contributed by atoms with Crippen LogP contribution in [0.3, 0.4) is 0 Å². The van der Waals surface area contributed by atoms with Crippen molar-refractivity contribution in [1.29, 1.82) is 0 Å². The van der Waals surface area contributed by atoms with Crippen LogP contribution in [0.1, 0.15) is 6.92 Å². The summed E-state index contributed by atoms with van der Waals surface area (Å²) in [6.45, 7) is 1.60. The molecule has 0 spiro atoms. The van der Waals surface area contributed by atoms with Crippen LogP contribution in [0.15, 0.2) is 24.3 Å². The Morgan fingerprint density at radius 3 is 2.50 bits per heavy atom. The minimum absolute atomic E-state index is 0.171. The van der Waals surface area contributed by atoms with Crippen molar-refractivity contribution in [3.63, 3.8) is 0 Å². The number of hydrogen-bond donors (Lipinski definition) is 1. The van der Waals surface area contributed by atoms with Crippen molar-refractivity contribution in [1.82, 2.24) is 0 Å². The summed E-state index contributed by atoms with van der Waals surface area (Å²) in [5, 5.41) is 8.92. The highest BCUT2D eigenvalue weighted by molar-refractivity contribution is 5.57. The van der Waals surface area contributed by atoms with Gasteiger partial charge in [-0.25, -0.2) is 0 Å². The third-order valence-corrected chi connectivity index (χ3v) is 1.32. The lowest BCUT2D eigenvalue weighted by Gasteiger charge is -2.06. The molecule has 1 unspecified atom stereocenters. The van der Waals surface area contributed by atoms with E-state index < -0.39 is 6.10 Å². The highest BCUT2D eigenvalue weighted by atomic mass is 16.5. The van der Waals surface area contributed by atoms with Crippen molar-refractivity contribution in [3.8, 4) is 11.5 Å². The molecule has 1 atom stereocenters. The van der Waals surface area contributed by atoms with E-state index in [1.165, 1.54) is 12.1 Å². The monoisotopic (exact) mass is 165 g/mol. The average molecular weight is 165 g/mol. The summed E-state index contributed by atoms with van der Waals surface area (Å²) in [5.74, 6) is 0.716. The molecular formula is C9H9O3. The predicted molar refractivity (Wildman–Crippen MR) is 43.9 cm³/mol. The van der Waals surface area contributed by atoms with E-state index in [4.69, 9.17) is 9.84 Å². The Kier molecular flexibility index (Phi) is 2.69. The van der Waals surface area contributed by atoms with Crippen LogP contribution in [0.25, 0.3) is 0 Å². The van der Waals surface area contributed by atoms with Gasteiger partial charge in [-0.15, -0.1) is 0 Å². The van der Waals surface area contributed by atoms with Crippen LogP contribution in [0.2, 0.25) is 0 Å². The summed E-state index contributed by atoms with van der Waals surface area (Å²) < 4.78 is 5.08. The molecule has 0 amide bonds. The van der Waals surface area contributed by atoms with E-state index in [9.17, 15) is 4.79 Å². The molecule has 0 heterocycles. The third kappa shape index (κ3) is 2.27. The quantitative estimate of drug-likeness (QED) is 0.733. The molecule has 12 heavy (non-hydrogen) atoms. The summed E-state index contributed by atoms with van der Waals surface area (Å²) in [7, 11) is 0. The molecule has 3 nitrogen and oxygen atoms in total. The van der Waals surface area contributed by atoms with Crippen molar-refractivity contribution < 1.29 is 14.6 Å². The Hall–Kier alpha value is -1.51. The minimum atomic E-state index is -0.574. The summed E-state index contributed by atoms with van der Waals surface area (Å²) in [4.78, 5) is 10.1. The van der Waals surface area contributed by atoms with Crippen molar-refractivity contribution in [3.05, 3.63) is 24.3 Å². The van der Waals surface area contributed by atoms with E-state index in [0.717, 1.165) is 0 Å². The molecule has 0 bridgehead atoms. The summed E-state index contributed by atoms with van der Waals surface area (Å²) in [6.07, 6.45) is 1.12. The summed E-state index contributed by atoms with van der Waals surface area (Å²) >= 11 is 0. The molecule has 1 aromatic carbocycles. The first-order valence-electron chi connectivity index (χ1n) is 3.55. The maximum Gasteiger partial charge on any atom is 0.242 e. The van der Waals surface area contributed by atoms with Gasteiger partial charge in [0, 0.05) is 0 Å². The van der Waals surface area contributed by atoms with Gasteiger partial charge in [0.05, 0.1) is 0 Å². The Bertz CT molecular complexity index is 253. The zero-order valence-corrected chi connectivity index (χ0v) is 6.65. The SMILES string of the molecule is CC([C]=O)Oc1ccc(O)cc1. The Morgan fingerprint density at radius 1 is 1.42 bits per heavy atom. The fourth-order valence-corrected chi connectivity index (χ4v) is 0.753. The van der Waals surface area contributed by atoms with Crippen molar-refractivity contribution >= 4 is 6.29 Å².